The Kier molecular flexibility index (Phi) is 8.60. The summed E-state index contributed by atoms with van der Waals surface area (Å²) in [4.78, 5) is 14.4. The molecule has 1 heterocycles. The van der Waals surface area contributed by atoms with Crippen molar-refractivity contribution in [2.75, 3.05) is 32.1 Å². The third-order valence-corrected chi connectivity index (χ3v) is 4.71. The highest BCUT2D eigenvalue weighted by molar-refractivity contribution is 5.86. The molecule has 1 fully saturated rings. The van der Waals surface area contributed by atoms with Gasteiger partial charge in [-0.05, 0) is 45.0 Å². The second-order valence-corrected chi connectivity index (χ2v) is 6.76. The first-order chi connectivity index (χ1) is 12.2. The average molecular weight is 348 g/mol. The second kappa shape index (κ2) is 11.0. The van der Waals surface area contributed by atoms with Gasteiger partial charge in [0, 0.05) is 6.04 Å². The fourth-order valence-corrected chi connectivity index (χ4v) is 3.08. The number of hydrogen-bond acceptors (Lipinski definition) is 4. The molecule has 0 aromatic heterocycles. The first-order valence-electron chi connectivity index (χ1n) is 9.56. The Morgan fingerprint density at radius 2 is 2.08 bits per heavy atom. The van der Waals surface area contributed by atoms with Crippen LogP contribution in [0, 0.1) is 0 Å². The monoisotopic (exact) mass is 348 g/mol. The summed E-state index contributed by atoms with van der Waals surface area (Å²) in [6.45, 7) is 4.37. The van der Waals surface area contributed by atoms with Crippen LogP contribution in [0.5, 0.6) is 5.75 Å². The lowest BCUT2D eigenvalue weighted by molar-refractivity contribution is 0.0907. The van der Waals surface area contributed by atoms with Gasteiger partial charge in [0.25, 0.3) is 0 Å². The zero-order valence-corrected chi connectivity index (χ0v) is 15.6. The highest BCUT2D eigenvalue weighted by atomic mass is 16.5. The molecule has 0 spiro atoms. The number of likely N-dealkylation sites (N-methyl/N-ethyl adjacent to an activating group) is 1. The molecule has 2 rings (SSSR count). The molecular weight excluding hydrogens is 316 g/mol. The van der Waals surface area contributed by atoms with E-state index in [1.165, 1.54) is 32.1 Å². The number of nitrogens with one attached hydrogen (secondary N) is 1. The summed E-state index contributed by atoms with van der Waals surface area (Å²) in [5.74, 6) is 0.700. The van der Waals surface area contributed by atoms with E-state index in [9.17, 15) is 4.79 Å². The van der Waals surface area contributed by atoms with Crippen LogP contribution in [0.15, 0.2) is 24.3 Å². The van der Waals surface area contributed by atoms with Gasteiger partial charge >= 0.3 is 6.09 Å². The lowest BCUT2D eigenvalue weighted by Crippen LogP contribution is -2.40. The number of nitrogens with zero attached hydrogens (tertiary/aromatic N) is 1. The third-order valence-electron chi connectivity index (χ3n) is 4.71. The van der Waals surface area contributed by atoms with Crippen molar-refractivity contribution in [2.45, 2.75) is 57.9 Å². The number of rotatable bonds is 9. The van der Waals surface area contributed by atoms with Gasteiger partial charge in [-0.3, -0.25) is 5.32 Å². The standard InChI is InChI=1S/C20H32N2O3/c1-3-4-5-10-15-24-19-13-7-6-12-18(19)21-20(23)25-16-17-11-8-9-14-22(17)2/h6-7,12-13,17H,3-5,8-11,14-16H2,1-2H3,(H,21,23)/t17-/m0/s1. The maximum absolute atomic E-state index is 12.1. The molecule has 1 atom stereocenters. The molecule has 140 valence electrons. The van der Waals surface area contributed by atoms with Crippen molar-refractivity contribution in [1.29, 1.82) is 0 Å². The number of benzene rings is 1. The van der Waals surface area contributed by atoms with Crippen molar-refractivity contribution in [3.05, 3.63) is 24.3 Å². The Morgan fingerprint density at radius 3 is 2.88 bits per heavy atom. The minimum absolute atomic E-state index is 0.324. The number of ether oxygens (including phenoxy) is 2. The van der Waals surface area contributed by atoms with Crippen molar-refractivity contribution in [3.8, 4) is 5.75 Å². The Morgan fingerprint density at radius 1 is 1.24 bits per heavy atom. The van der Waals surface area contributed by atoms with E-state index in [-0.39, 0.29) is 0 Å². The van der Waals surface area contributed by atoms with Gasteiger partial charge in [0.15, 0.2) is 0 Å². The highest BCUT2D eigenvalue weighted by Gasteiger charge is 2.20. The molecule has 0 unspecified atom stereocenters. The van der Waals surface area contributed by atoms with Gasteiger partial charge in [-0.15, -0.1) is 0 Å². The fraction of sp³-hybridized carbons (Fsp3) is 0.650. The summed E-state index contributed by atoms with van der Waals surface area (Å²) in [5, 5.41) is 2.81. The van der Waals surface area contributed by atoms with Crippen LogP contribution in [0.3, 0.4) is 0 Å². The van der Waals surface area contributed by atoms with Gasteiger partial charge in [0.2, 0.25) is 0 Å². The first-order valence-corrected chi connectivity index (χ1v) is 9.56. The van der Waals surface area contributed by atoms with Gasteiger partial charge in [-0.2, -0.15) is 0 Å². The highest BCUT2D eigenvalue weighted by Crippen LogP contribution is 2.24. The van der Waals surface area contributed by atoms with Crippen LogP contribution in [0.2, 0.25) is 0 Å². The van der Waals surface area contributed by atoms with E-state index < -0.39 is 6.09 Å². The van der Waals surface area contributed by atoms with Crippen molar-refractivity contribution >= 4 is 11.8 Å². The number of carbonyl (C=O) groups is 1. The van der Waals surface area contributed by atoms with Crippen LogP contribution in [-0.2, 0) is 4.74 Å². The first kappa shape index (κ1) is 19.6. The quantitative estimate of drug-likeness (QED) is 0.658. The number of anilines is 1. The normalized spacial score (nSPS) is 17.9. The Labute approximate surface area is 151 Å². The van der Waals surface area contributed by atoms with E-state index in [1.54, 1.807) is 0 Å². The number of hydrogen-bond donors (Lipinski definition) is 1. The van der Waals surface area contributed by atoms with Gasteiger partial charge in [-0.1, -0.05) is 44.7 Å². The molecule has 0 radical (unpaired) electrons. The Balaban J connectivity index is 1.77. The van der Waals surface area contributed by atoms with Gasteiger partial charge in [-0.25, -0.2) is 4.79 Å². The van der Waals surface area contributed by atoms with Crippen molar-refractivity contribution in [2.24, 2.45) is 0 Å². The SMILES string of the molecule is CCCCCCOc1ccccc1NC(=O)OC[C@@H]1CCCCN1C. The zero-order valence-electron chi connectivity index (χ0n) is 15.6. The summed E-state index contributed by atoms with van der Waals surface area (Å²) in [5.41, 5.74) is 0.667. The molecule has 1 aromatic rings. The average Bonchev–Trinajstić information content (AvgIpc) is 2.62. The minimum atomic E-state index is -0.416. The van der Waals surface area contributed by atoms with Crippen LogP contribution < -0.4 is 10.1 Å². The number of amides is 1. The van der Waals surface area contributed by atoms with Crippen molar-refractivity contribution < 1.29 is 14.3 Å². The van der Waals surface area contributed by atoms with Crippen LogP contribution >= 0.6 is 0 Å². The van der Waals surface area contributed by atoms with Gasteiger partial charge < -0.3 is 14.4 Å². The summed E-state index contributed by atoms with van der Waals surface area (Å²) in [6, 6.07) is 7.84. The van der Waals surface area contributed by atoms with E-state index in [4.69, 9.17) is 9.47 Å². The molecule has 25 heavy (non-hydrogen) atoms. The molecular formula is C20H32N2O3. The predicted molar refractivity (Wildman–Crippen MR) is 101 cm³/mol. The number of para-hydroxylation sites is 2. The van der Waals surface area contributed by atoms with Crippen LogP contribution in [0.4, 0.5) is 10.5 Å². The summed E-state index contributed by atoms with van der Waals surface area (Å²) in [6.07, 6.45) is 7.73. The van der Waals surface area contributed by atoms with Gasteiger partial charge in [0.1, 0.15) is 12.4 Å². The molecule has 1 amide bonds. The summed E-state index contributed by atoms with van der Waals surface area (Å²) >= 11 is 0. The van der Waals surface area contributed by atoms with Crippen molar-refractivity contribution in [3.63, 3.8) is 0 Å². The lowest BCUT2D eigenvalue weighted by atomic mass is 10.0. The number of piperidine rings is 1. The third kappa shape index (κ3) is 6.94. The van der Waals surface area contributed by atoms with Crippen LogP contribution in [0.1, 0.15) is 51.9 Å². The maximum atomic E-state index is 12.1. The predicted octanol–water partition coefficient (Wildman–Crippen LogP) is 4.68. The molecule has 1 aliphatic heterocycles. The summed E-state index contributed by atoms with van der Waals surface area (Å²) in [7, 11) is 2.09. The summed E-state index contributed by atoms with van der Waals surface area (Å²) < 4.78 is 11.2. The largest absolute Gasteiger partial charge is 0.491 e. The van der Waals surface area contributed by atoms with E-state index >= 15 is 0 Å². The molecule has 0 saturated carbocycles. The molecule has 0 aliphatic carbocycles. The Bertz CT molecular complexity index is 521. The number of carbonyl (C=O) groups excluding carboxylic acids is 1. The Hall–Kier alpha value is -1.75. The van der Waals surface area contributed by atoms with Crippen LogP contribution in [-0.4, -0.2) is 43.8 Å². The molecule has 1 saturated heterocycles. The fourth-order valence-electron chi connectivity index (χ4n) is 3.08. The smallest absolute Gasteiger partial charge is 0.411 e. The minimum Gasteiger partial charge on any atom is -0.491 e. The molecule has 5 heteroatoms. The lowest BCUT2D eigenvalue weighted by Gasteiger charge is -2.31. The molecule has 5 nitrogen and oxygen atoms in total. The molecule has 0 bridgehead atoms. The van der Waals surface area contributed by atoms with E-state index in [2.05, 4.69) is 24.2 Å². The molecule has 1 aromatic carbocycles. The maximum Gasteiger partial charge on any atom is 0.411 e. The number of unbranched alkanes of at least 4 members (excludes halogenated alkanes) is 3. The molecule has 1 aliphatic rings. The zero-order chi connectivity index (χ0) is 17.9. The molecule has 1 N–H and O–H groups in total. The van der Waals surface area contributed by atoms with E-state index in [1.807, 2.05) is 24.3 Å². The topological polar surface area (TPSA) is 50.8 Å². The van der Waals surface area contributed by atoms with Crippen LogP contribution in [0.25, 0.3) is 0 Å². The van der Waals surface area contributed by atoms with E-state index in [0.29, 0.717) is 30.7 Å². The number of likely N-dealkylation sites (tertiary alicyclic amines) is 1. The van der Waals surface area contributed by atoms with E-state index in [0.717, 1.165) is 19.4 Å². The van der Waals surface area contributed by atoms with Crippen molar-refractivity contribution in [1.82, 2.24) is 4.90 Å². The van der Waals surface area contributed by atoms with Gasteiger partial charge in [0.05, 0.1) is 12.3 Å². The second-order valence-electron chi connectivity index (χ2n) is 6.76.